The van der Waals surface area contributed by atoms with Crippen molar-refractivity contribution >= 4 is 17.9 Å². The molecular weight excluding hydrogens is 913 g/mol. The molecule has 428 valence electrons. The van der Waals surface area contributed by atoms with E-state index >= 15 is 0 Å². The van der Waals surface area contributed by atoms with Crippen molar-refractivity contribution in [2.75, 3.05) is 13.2 Å². The third-order valence-electron chi connectivity index (χ3n) is 13.9. The summed E-state index contributed by atoms with van der Waals surface area (Å²) in [5.74, 6) is -0.869. The van der Waals surface area contributed by atoms with Crippen LogP contribution in [0, 0.1) is 0 Å². The lowest BCUT2D eigenvalue weighted by Gasteiger charge is -2.18. The molecule has 0 amide bonds. The second kappa shape index (κ2) is 62.4. The first kappa shape index (κ1) is 70.8. The minimum absolute atomic E-state index is 0.0733. The molecule has 1 atom stereocenters. The molecule has 0 aromatic rings. The van der Waals surface area contributed by atoms with Gasteiger partial charge in [0.05, 0.1) is 0 Å². The minimum Gasteiger partial charge on any atom is -0.462 e. The number of unbranched alkanes of at least 4 members (excludes halogenated alkanes) is 35. The molecular formula is C68H120O6. The van der Waals surface area contributed by atoms with Crippen LogP contribution >= 0.6 is 0 Å². The molecule has 0 aliphatic heterocycles. The Kier molecular flexibility index (Phi) is 59.7. The molecule has 0 radical (unpaired) electrons. The van der Waals surface area contributed by atoms with Gasteiger partial charge in [-0.2, -0.15) is 0 Å². The molecule has 0 rings (SSSR count). The summed E-state index contributed by atoms with van der Waals surface area (Å²) in [6.07, 6.45) is 80.7. The molecule has 74 heavy (non-hydrogen) atoms. The van der Waals surface area contributed by atoms with E-state index in [1.165, 1.54) is 180 Å². The number of rotatable bonds is 58. The SMILES string of the molecule is CC/C=C\C/C=C\C/C=C\C/C=C\C/C=C\CCCCCCCCCCCCCCCCCCCC(=O)OCC(COC(=O)CCCCCCCCCCCCC)OC(=O)CCCCCCC/C=C\CCCCC. The quantitative estimate of drug-likeness (QED) is 0.0261. The van der Waals surface area contributed by atoms with E-state index in [2.05, 4.69) is 93.7 Å². The van der Waals surface area contributed by atoms with Crippen molar-refractivity contribution in [3.8, 4) is 0 Å². The molecule has 0 bridgehead atoms. The van der Waals surface area contributed by atoms with Crippen molar-refractivity contribution in [1.82, 2.24) is 0 Å². The van der Waals surface area contributed by atoms with Crippen LogP contribution in [0.4, 0.5) is 0 Å². The third-order valence-corrected chi connectivity index (χ3v) is 13.9. The van der Waals surface area contributed by atoms with Crippen molar-refractivity contribution < 1.29 is 28.6 Å². The number of hydrogen-bond donors (Lipinski definition) is 0. The molecule has 0 spiro atoms. The van der Waals surface area contributed by atoms with Gasteiger partial charge in [-0.3, -0.25) is 14.4 Å². The summed E-state index contributed by atoms with van der Waals surface area (Å²) in [7, 11) is 0. The Labute approximate surface area is 459 Å². The first-order valence-corrected chi connectivity index (χ1v) is 31.9. The highest BCUT2D eigenvalue weighted by Gasteiger charge is 2.19. The number of carbonyl (C=O) groups is 3. The molecule has 0 fully saturated rings. The first-order valence-electron chi connectivity index (χ1n) is 31.9. The summed E-state index contributed by atoms with van der Waals surface area (Å²) in [5.41, 5.74) is 0. The smallest absolute Gasteiger partial charge is 0.306 e. The van der Waals surface area contributed by atoms with Gasteiger partial charge >= 0.3 is 17.9 Å². The fraction of sp³-hybridized carbons (Fsp3) is 0.779. The second-order valence-electron chi connectivity index (χ2n) is 21.3. The maximum absolute atomic E-state index is 12.8. The molecule has 0 aromatic carbocycles. The number of ether oxygens (including phenoxy) is 3. The molecule has 0 saturated carbocycles. The van der Waals surface area contributed by atoms with Gasteiger partial charge in [-0.15, -0.1) is 0 Å². The van der Waals surface area contributed by atoms with Gasteiger partial charge in [0.25, 0.3) is 0 Å². The van der Waals surface area contributed by atoms with Gasteiger partial charge in [0.2, 0.25) is 0 Å². The van der Waals surface area contributed by atoms with Gasteiger partial charge in [0.1, 0.15) is 13.2 Å². The van der Waals surface area contributed by atoms with Crippen molar-refractivity contribution in [3.63, 3.8) is 0 Å². The third kappa shape index (κ3) is 59.7. The first-order chi connectivity index (χ1) is 36.5. The lowest BCUT2D eigenvalue weighted by Crippen LogP contribution is -2.30. The van der Waals surface area contributed by atoms with E-state index in [9.17, 15) is 14.4 Å². The van der Waals surface area contributed by atoms with E-state index in [4.69, 9.17) is 14.2 Å². The van der Waals surface area contributed by atoms with Crippen LogP contribution in [0.5, 0.6) is 0 Å². The largest absolute Gasteiger partial charge is 0.462 e. The summed E-state index contributed by atoms with van der Waals surface area (Å²) >= 11 is 0. The van der Waals surface area contributed by atoms with Gasteiger partial charge in [0, 0.05) is 19.3 Å². The van der Waals surface area contributed by atoms with Crippen LogP contribution in [0.1, 0.15) is 323 Å². The molecule has 6 heteroatoms. The fourth-order valence-electron chi connectivity index (χ4n) is 9.17. The highest BCUT2D eigenvalue weighted by Crippen LogP contribution is 2.17. The van der Waals surface area contributed by atoms with Crippen LogP contribution in [0.15, 0.2) is 72.9 Å². The Morgan fingerprint density at radius 3 is 0.865 bits per heavy atom. The lowest BCUT2D eigenvalue weighted by atomic mass is 10.0. The molecule has 0 aliphatic carbocycles. The molecule has 6 nitrogen and oxygen atoms in total. The van der Waals surface area contributed by atoms with Crippen molar-refractivity contribution in [2.24, 2.45) is 0 Å². The maximum atomic E-state index is 12.8. The fourth-order valence-corrected chi connectivity index (χ4v) is 9.17. The number of allylic oxidation sites excluding steroid dienone is 12. The second-order valence-corrected chi connectivity index (χ2v) is 21.3. The van der Waals surface area contributed by atoms with Crippen LogP contribution < -0.4 is 0 Å². The van der Waals surface area contributed by atoms with Crippen LogP contribution in [-0.2, 0) is 28.6 Å². The highest BCUT2D eigenvalue weighted by atomic mass is 16.6. The average Bonchev–Trinajstić information content (AvgIpc) is 3.40. The van der Waals surface area contributed by atoms with E-state index in [1.54, 1.807) is 0 Å². The Morgan fingerprint density at radius 2 is 0.527 bits per heavy atom. The molecule has 0 aromatic heterocycles. The maximum Gasteiger partial charge on any atom is 0.306 e. The highest BCUT2D eigenvalue weighted by molar-refractivity contribution is 5.71. The van der Waals surface area contributed by atoms with Gasteiger partial charge in [0.15, 0.2) is 6.10 Å². The van der Waals surface area contributed by atoms with Gasteiger partial charge in [-0.05, 0) is 89.9 Å². The Bertz CT molecular complexity index is 1370. The van der Waals surface area contributed by atoms with Crippen LogP contribution in [0.25, 0.3) is 0 Å². The Morgan fingerprint density at radius 1 is 0.284 bits per heavy atom. The number of carbonyl (C=O) groups excluding carboxylic acids is 3. The Balaban J connectivity index is 4.06. The predicted octanol–water partition coefficient (Wildman–Crippen LogP) is 21.7. The summed E-state index contributed by atoms with van der Waals surface area (Å²) in [6.45, 7) is 6.52. The van der Waals surface area contributed by atoms with Crippen molar-refractivity contribution in [3.05, 3.63) is 72.9 Å². The van der Waals surface area contributed by atoms with Crippen molar-refractivity contribution in [2.45, 2.75) is 329 Å². The monoisotopic (exact) mass is 1030 g/mol. The minimum atomic E-state index is -0.774. The average molecular weight is 1030 g/mol. The van der Waals surface area contributed by atoms with E-state index in [-0.39, 0.29) is 31.1 Å². The zero-order valence-corrected chi connectivity index (χ0v) is 49.1. The van der Waals surface area contributed by atoms with E-state index in [1.807, 2.05) is 0 Å². The zero-order chi connectivity index (χ0) is 53.6. The van der Waals surface area contributed by atoms with E-state index in [0.717, 1.165) is 103 Å². The molecule has 0 heterocycles. The molecule has 0 N–H and O–H groups in total. The van der Waals surface area contributed by atoms with Crippen molar-refractivity contribution in [1.29, 1.82) is 0 Å². The summed E-state index contributed by atoms with van der Waals surface area (Å²) < 4.78 is 16.9. The lowest BCUT2D eigenvalue weighted by molar-refractivity contribution is -0.167. The standard InChI is InChI=1S/C68H120O6/c1-4-7-10-13-16-19-22-24-25-26-27-28-29-30-31-32-33-34-35-36-37-38-39-40-41-42-43-44-47-49-52-55-58-61-67(70)73-64-65(63-72-66(69)60-57-54-51-48-45-21-18-15-12-9-6-3)74-68(71)62-59-56-53-50-46-23-20-17-14-11-8-5-2/h7,10,16-17,19-20,24-25,27-28,30-31,65H,4-6,8-9,11-15,18,21-23,26,29,32-64H2,1-3H3/b10-7-,19-16-,20-17-,25-24-,28-27-,31-30-. The number of esters is 3. The van der Waals surface area contributed by atoms with Crippen LogP contribution in [0.3, 0.4) is 0 Å². The summed E-state index contributed by atoms with van der Waals surface area (Å²) in [4.78, 5) is 38.1. The summed E-state index contributed by atoms with van der Waals surface area (Å²) in [6, 6.07) is 0. The van der Waals surface area contributed by atoms with Crippen LogP contribution in [-0.4, -0.2) is 37.2 Å². The molecule has 0 aliphatic rings. The van der Waals surface area contributed by atoms with E-state index in [0.29, 0.717) is 19.3 Å². The normalized spacial score (nSPS) is 12.5. The van der Waals surface area contributed by atoms with Gasteiger partial charge < -0.3 is 14.2 Å². The zero-order valence-electron chi connectivity index (χ0n) is 49.1. The molecule has 0 saturated heterocycles. The van der Waals surface area contributed by atoms with Crippen LogP contribution in [0.2, 0.25) is 0 Å². The van der Waals surface area contributed by atoms with Gasteiger partial charge in [-0.25, -0.2) is 0 Å². The van der Waals surface area contributed by atoms with E-state index < -0.39 is 6.10 Å². The topological polar surface area (TPSA) is 78.9 Å². The van der Waals surface area contributed by atoms with Gasteiger partial charge in [-0.1, -0.05) is 286 Å². The molecule has 1 unspecified atom stereocenters. The summed E-state index contributed by atoms with van der Waals surface area (Å²) in [5, 5.41) is 0. The number of hydrogen-bond acceptors (Lipinski definition) is 6. The predicted molar refractivity (Wildman–Crippen MR) is 321 cm³/mol. The Hall–Kier alpha value is -3.15.